The van der Waals surface area contributed by atoms with Crippen LogP contribution in [0.4, 0.5) is 5.82 Å². The molecule has 0 spiro atoms. The van der Waals surface area contributed by atoms with Crippen molar-refractivity contribution in [3.63, 3.8) is 0 Å². The predicted octanol–water partition coefficient (Wildman–Crippen LogP) is 3.35. The van der Waals surface area contributed by atoms with Crippen LogP contribution in [0.25, 0.3) is 0 Å². The quantitative estimate of drug-likeness (QED) is 0.870. The Hall–Kier alpha value is -1.90. The first-order chi connectivity index (χ1) is 8.29. The van der Waals surface area contributed by atoms with Crippen LogP contribution in [-0.4, -0.2) is 10.2 Å². The van der Waals surface area contributed by atoms with E-state index in [1.165, 1.54) is 5.56 Å². The molecule has 17 heavy (non-hydrogen) atoms. The first-order valence-corrected chi connectivity index (χ1v) is 5.91. The minimum absolute atomic E-state index is 0.285. The summed E-state index contributed by atoms with van der Waals surface area (Å²) < 4.78 is 0. The van der Waals surface area contributed by atoms with E-state index in [0.29, 0.717) is 0 Å². The van der Waals surface area contributed by atoms with Crippen LogP contribution < -0.4 is 5.32 Å². The zero-order valence-electron chi connectivity index (χ0n) is 10.2. The highest BCUT2D eigenvalue weighted by Gasteiger charge is 2.08. The molecule has 0 aliphatic heterocycles. The van der Waals surface area contributed by atoms with Gasteiger partial charge in [-0.05, 0) is 31.0 Å². The van der Waals surface area contributed by atoms with E-state index >= 15 is 0 Å². The maximum Gasteiger partial charge on any atom is 0.149 e. The molecule has 3 heteroatoms. The van der Waals surface area contributed by atoms with Gasteiger partial charge in [-0.3, -0.25) is 0 Å². The molecule has 1 N–H and O–H groups in total. The molecule has 0 fully saturated rings. The highest BCUT2D eigenvalue weighted by molar-refractivity contribution is 5.37. The number of hydrogen-bond acceptors (Lipinski definition) is 3. The SMILES string of the molecule is CCC(Nc1ccc(C)nn1)c1ccccc1. The van der Waals surface area contributed by atoms with Crippen molar-refractivity contribution in [2.45, 2.75) is 26.3 Å². The summed E-state index contributed by atoms with van der Waals surface area (Å²) in [6, 6.07) is 14.6. The van der Waals surface area contributed by atoms with E-state index in [2.05, 4.69) is 46.7 Å². The van der Waals surface area contributed by atoms with Crippen molar-refractivity contribution in [3.05, 3.63) is 53.7 Å². The van der Waals surface area contributed by atoms with E-state index in [4.69, 9.17) is 0 Å². The van der Waals surface area contributed by atoms with Gasteiger partial charge in [-0.1, -0.05) is 37.3 Å². The minimum Gasteiger partial charge on any atom is -0.362 e. The van der Waals surface area contributed by atoms with Crippen molar-refractivity contribution in [2.24, 2.45) is 0 Å². The molecular weight excluding hydrogens is 210 g/mol. The molecule has 2 rings (SSSR count). The molecule has 1 aromatic heterocycles. The highest BCUT2D eigenvalue weighted by atomic mass is 15.2. The van der Waals surface area contributed by atoms with Crippen LogP contribution >= 0.6 is 0 Å². The standard InChI is InChI=1S/C14H17N3/c1-3-13(12-7-5-4-6-8-12)15-14-10-9-11(2)16-17-14/h4-10,13H,3H2,1-2H3,(H,15,17). The van der Waals surface area contributed by atoms with E-state index in [1.54, 1.807) is 0 Å². The molecule has 2 aromatic rings. The molecule has 3 nitrogen and oxygen atoms in total. The van der Waals surface area contributed by atoms with E-state index < -0.39 is 0 Å². The average molecular weight is 227 g/mol. The van der Waals surface area contributed by atoms with Crippen molar-refractivity contribution in [3.8, 4) is 0 Å². The van der Waals surface area contributed by atoms with Gasteiger partial charge in [-0.25, -0.2) is 0 Å². The lowest BCUT2D eigenvalue weighted by Crippen LogP contribution is -2.11. The fourth-order valence-electron chi connectivity index (χ4n) is 1.76. The Labute approximate surface area is 102 Å². The van der Waals surface area contributed by atoms with Gasteiger partial charge in [0.2, 0.25) is 0 Å². The van der Waals surface area contributed by atoms with Crippen molar-refractivity contribution in [1.29, 1.82) is 0 Å². The molecule has 1 aromatic carbocycles. The smallest absolute Gasteiger partial charge is 0.149 e. The fourth-order valence-corrected chi connectivity index (χ4v) is 1.76. The van der Waals surface area contributed by atoms with Crippen LogP contribution in [0.1, 0.15) is 30.6 Å². The zero-order valence-corrected chi connectivity index (χ0v) is 10.2. The van der Waals surface area contributed by atoms with Crippen molar-refractivity contribution < 1.29 is 0 Å². The third-order valence-corrected chi connectivity index (χ3v) is 2.73. The van der Waals surface area contributed by atoms with Gasteiger partial charge in [0.15, 0.2) is 0 Å². The molecule has 1 unspecified atom stereocenters. The van der Waals surface area contributed by atoms with Gasteiger partial charge in [0.05, 0.1) is 11.7 Å². The van der Waals surface area contributed by atoms with Crippen LogP contribution in [0.3, 0.4) is 0 Å². The number of aromatic nitrogens is 2. The topological polar surface area (TPSA) is 37.8 Å². The van der Waals surface area contributed by atoms with Crippen LogP contribution in [0.15, 0.2) is 42.5 Å². The van der Waals surface area contributed by atoms with Gasteiger partial charge in [0.1, 0.15) is 5.82 Å². The Morgan fingerprint density at radius 1 is 1.06 bits per heavy atom. The third kappa shape index (κ3) is 3.03. The monoisotopic (exact) mass is 227 g/mol. The Balaban J connectivity index is 2.13. The maximum atomic E-state index is 4.13. The molecule has 0 saturated carbocycles. The lowest BCUT2D eigenvalue weighted by molar-refractivity contribution is 0.739. The van der Waals surface area contributed by atoms with Gasteiger partial charge >= 0.3 is 0 Å². The molecule has 0 saturated heterocycles. The van der Waals surface area contributed by atoms with Gasteiger partial charge in [0, 0.05) is 0 Å². The molecule has 1 heterocycles. The average Bonchev–Trinajstić information content (AvgIpc) is 2.39. The molecular formula is C14H17N3. The summed E-state index contributed by atoms with van der Waals surface area (Å²) in [5, 5.41) is 11.6. The van der Waals surface area contributed by atoms with E-state index in [-0.39, 0.29) is 6.04 Å². The van der Waals surface area contributed by atoms with E-state index in [9.17, 15) is 0 Å². The molecule has 88 valence electrons. The number of benzene rings is 1. The summed E-state index contributed by atoms with van der Waals surface area (Å²) in [7, 11) is 0. The van der Waals surface area contributed by atoms with Crippen LogP contribution in [0.2, 0.25) is 0 Å². The Morgan fingerprint density at radius 2 is 1.82 bits per heavy atom. The molecule has 0 aliphatic rings. The molecule has 0 aliphatic carbocycles. The number of anilines is 1. The van der Waals surface area contributed by atoms with Crippen molar-refractivity contribution in [2.75, 3.05) is 5.32 Å². The summed E-state index contributed by atoms with van der Waals surface area (Å²) in [6.45, 7) is 4.09. The van der Waals surface area contributed by atoms with Gasteiger partial charge in [0.25, 0.3) is 0 Å². The summed E-state index contributed by atoms with van der Waals surface area (Å²) in [5.74, 6) is 0.825. The van der Waals surface area contributed by atoms with E-state index in [0.717, 1.165) is 17.9 Å². The molecule has 0 bridgehead atoms. The Morgan fingerprint density at radius 3 is 2.41 bits per heavy atom. The second-order valence-electron chi connectivity index (χ2n) is 4.08. The number of hydrogen-bond donors (Lipinski definition) is 1. The lowest BCUT2D eigenvalue weighted by Gasteiger charge is -2.17. The molecule has 1 atom stereocenters. The van der Waals surface area contributed by atoms with Gasteiger partial charge in [-0.15, -0.1) is 5.10 Å². The normalized spacial score (nSPS) is 12.1. The number of rotatable bonds is 4. The van der Waals surface area contributed by atoms with Crippen LogP contribution in [0.5, 0.6) is 0 Å². The van der Waals surface area contributed by atoms with Crippen LogP contribution in [0, 0.1) is 6.92 Å². The Bertz CT molecular complexity index is 451. The summed E-state index contributed by atoms with van der Waals surface area (Å²) >= 11 is 0. The highest BCUT2D eigenvalue weighted by Crippen LogP contribution is 2.20. The zero-order chi connectivity index (χ0) is 12.1. The largest absolute Gasteiger partial charge is 0.362 e. The first kappa shape index (κ1) is 11.6. The van der Waals surface area contributed by atoms with E-state index in [1.807, 2.05) is 25.1 Å². The predicted molar refractivity (Wildman–Crippen MR) is 69.9 cm³/mol. The third-order valence-electron chi connectivity index (χ3n) is 2.73. The van der Waals surface area contributed by atoms with Crippen molar-refractivity contribution >= 4 is 5.82 Å². The minimum atomic E-state index is 0.285. The molecule has 0 amide bonds. The van der Waals surface area contributed by atoms with Gasteiger partial charge in [-0.2, -0.15) is 5.10 Å². The molecule has 0 radical (unpaired) electrons. The summed E-state index contributed by atoms with van der Waals surface area (Å²) in [4.78, 5) is 0. The van der Waals surface area contributed by atoms with Gasteiger partial charge < -0.3 is 5.32 Å². The second kappa shape index (κ2) is 5.43. The number of aryl methyl sites for hydroxylation is 1. The Kier molecular flexibility index (Phi) is 3.70. The number of nitrogens with one attached hydrogen (secondary N) is 1. The fraction of sp³-hybridized carbons (Fsp3) is 0.286. The van der Waals surface area contributed by atoms with Crippen LogP contribution in [-0.2, 0) is 0 Å². The van der Waals surface area contributed by atoms with Crippen molar-refractivity contribution in [1.82, 2.24) is 10.2 Å². The summed E-state index contributed by atoms with van der Waals surface area (Å²) in [6.07, 6.45) is 1.01. The number of nitrogens with zero attached hydrogens (tertiary/aromatic N) is 2. The second-order valence-corrected chi connectivity index (χ2v) is 4.08. The first-order valence-electron chi connectivity index (χ1n) is 5.91. The maximum absolute atomic E-state index is 4.13. The lowest BCUT2D eigenvalue weighted by atomic mass is 10.0. The summed E-state index contributed by atoms with van der Waals surface area (Å²) in [5.41, 5.74) is 2.21.